The predicted molar refractivity (Wildman–Crippen MR) is 6.37 cm³/mol. The molecule has 0 heterocycles. The van der Waals surface area contributed by atoms with Crippen LogP contribution in [0, 0.1) is 48.9 Å². The van der Waals surface area contributed by atoms with E-state index >= 15 is 0 Å². The van der Waals surface area contributed by atoms with Gasteiger partial charge in [0.15, 0.2) is 0 Å². The van der Waals surface area contributed by atoms with Crippen LogP contribution in [0.2, 0.25) is 0 Å². The molecule has 4 heavy (non-hydrogen) atoms. The maximum Gasteiger partial charge on any atom is 1.00 e. The Morgan fingerprint density at radius 2 is 1.25 bits per heavy atom. The molecular formula is H3NaO2Xe. The van der Waals surface area contributed by atoms with Gasteiger partial charge in [-0.2, -0.15) is 0 Å². The standard InChI is InChI=1S/Na.H2O2.Xe.H/c;1-2;;/h;1-2H;;/q+1;;;-1. The van der Waals surface area contributed by atoms with Gasteiger partial charge in [-0.05, 0) is 0 Å². The molecule has 0 atom stereocenters. The molecule has 0 aromatic heterocycles. The second-order valence-corrected chi connectivity index (χ2v) is 0. The molecule has 0 spiro atoms. The second kappa shape index (κ2) is 17.8. The van der Waals surface area contributed by atoms with E-state index < -0.39 is 0 Å². The molecule has 0 aliphatic rings. The molecular weight excluding hydrogens is 186 g/mol. The van der Waals surface area contributed by atoms with Gasteiger partial charge in [0.05, 0.1) is 0 Å². The summed E-state index contributed by atoms with van der Waals surface area (Å²) in [5, 5.41) is 12.0. The van der Waals surface area contributed by atoms with Crippen molar-refractivity contribution in [3.63, 3.8) is 0 Å². The molecule has 0 saturated heterocycles. The SMILES string of the molecule is OO.[H-].[Na+].[Xe]. The topological polar surface area (TPSA) is 40.5 Å². The summed E-state index contributed by atoms with van der Waals surface area (Å²) in [7, 11) is 0. The van der Waals surface area contributed by atoms with Crippen molar-refractivity contribution >= 4 is 0 Å². The zero-order valence-electron chi connectivity index (χ0n) is 3.25. The summed E-state index contributed by atoms with van der Waals surface area (Å²) in [6, 6.07) is 0. The second-order valence-electron chi connectivity index (χ2n) is 0. The fourth-order valence-electron chi connectivity index (χ4n) is 0. The largest absolute Gasteiger partial charge is 1.00 e. The van der Waals surface area contributed by atoms with E-state index in [4.69, 9.17) is 10.5 Å². The van der Waals surface area contributed by atoms with Crippen LogP contribution in [-0.4, -0.2) is 10.5 Å². The van der Waals surface area contributed by atoms with Crippen LogP contribution in [-0.2, 0) is 0 Å². The van der Waals surface area contributed by atoms with Crippen molar-refractivity contribution in [1.29, 1.82) is 0 Å². The minimum absolute atomic E-state index is 0. The molecule has 0 amide bonds. The predicted octanol–water partition coefficient (Wildman–Crippen LogP) is -2.87. The van der Waals surface area contributed by atoms with Crippen LogP contribution < -0.4 is 29.6 Å². The molecule has 2 nitrogen and oxygen atoms in total. The summed E-state index contributed by atoms with van der Waals surface area (Å²) < 4.78 is 0. The first-order chi connectivity index (χ1) is 1.00. The molecule has 2 N–H and O–H groups in total. The fraction of sp³-hybridized carbons (Fsp3) is 0. The fourth-order valence-corrected chi connectivity index (χ4v) is 0. The van der Waals surface area contributed by atoms with Gasteiger partial charge in [-0.1, -0.05) is 0 Å². The van der Waals surface area contributed by atoms with Crippen LogP contribution in [0.4, 0.5) is 0 Å². The van der Waals surface area contributed by atoms with Crippen molar-refractivity contribution < 1.29 is 90.4 Å². The smallest absolute Gasteiger partial charge is 1.00 e. The first-order valence-electron chi connectivity index (χ1n) is 0.200. The molecule has 0 radical (unpaired) electrons. The van der Waals surface area contributed by atoms with Crippen LogP contribution in [0.3, 0.4) is 0 Å². The Kier molecular flexibility index (Phi) is 71.6. The van der Waals surface area contributed by atoms with Gasteiger partial charge in [-0.3, -0.25) is 10.5 Å². The minimum Gasteiger partial charge on any atom is -1.00 e. The zero-order chi connectivity index (χ0) is 2.00. The maximum absolute atomic E-state index is 6.00. The van der Waals surface area contributed by atoms with E-state index in [0.717, 1.165) is 0 Å². The molecule has 0 rings (SSSR count). The van der Waals surface area contributed by atoms with E-state index in [0.29, 0.717) is 0 Å². The summed E-state index contributed by atoms with van der Waals surface area (Å²) in [5.74, 6) is 0. The molecule has 0 saturated carbocycles. The summed E-state index contributed by atoms with van der Waals surface area (Å²) in [6.07, 6.45) is 0. The van der Waals surface area contributed by atoms with Crippen LogP contribution in [0.15, 0.2) is 0 Å². The number of hydrogen-bond acceptors (Lipinski definition) is 2. The van der Waals surface area contributed by atoms with E-state index in [1.807, 2.05) is 0 Å². The molecule has 4 heteroatoms. The van der Waals surface area contributed by atoms with Crippen LogP contribution in [0.25, 0.3) is 0 Å². The minimum atomic E-state index is 0. The first-order valence-corrected chi connectivity index (χ1v) is 0.200. The van der Waals surface area contributed by atoms with E-state index in [1.165, 1.54) is 0 Å². The average molecular weight is 189 g/mol. The molecule has 0 aromatic rings. The Hall–Kier alpha value is 2.49. The van der Waals surface area contributed by atoms with Crippen LogP contribution >= 0.6 is 0 Å². The van der Waals surface area contributed by atoms with Crippen molar-refractivity contribution in [3.05, 3.63) is 0 Å². The Bertz CT molecular complexity index is 9.61. The first kappa shape index (κ1) is 16.1. The average Bonchev–Trinajstić information content (AvgIpc) is 1.00. The summed E-state index contributed by atoms with van der Waals surface area (Å²) in [6.45, 7) is 0. The van der Waals surface area contributed by atoms with Gasteiger partial charge in [-0.25, -0.2) is 0 Å². The molecule has 0 aromatic carbocycles. The van der Waals surface area contributed by atoms with Gasteiger partial charge in [0, 0.05) is 48.9 Å². The van der Waals surface area contributed by atoms with E-state index in [9.17, 15) is 0 Å². The maximum atomic E-state index is 6.00. The van der Waals surface area contributed by atoms with Gasteiger partial charge in [0.2, 0.25) is 0 Å². The third kappa shape index (κ3) is 8.82. The summed E-state index contributed by atoms with van der Waals surface area (Å²) in [4.78, 5) is 0. The molecule has 24 valence electrons. The van der Waals surface area contributed by atoms with Gasteiger partial charge in [0.25, 0.3) is 0 Å². The zero-order valence-corrected chi connectivity index (χ0v) is 6.27. The summed E-state index contributed by atoms with van der Waals surface area (Å²) >= 11 is 0. The van der Waals surface area contributed by atoms with E-state index in [-0.39, 0.29) is 79.9 Å². The van der Waals surface area contributed by atoms with Crippen LogP contribution in [0.5, 0.6) is 0 Å². The Morgan fingerprint density at radius 1 is 1.25 bits per heavy atom. The molecule has 0 bridgehead atoms. The van der Waals surface area contributed by atoms with Gasteiger partial charge in [-0.15, -0.1) is 0 Å². The van der Waals surface area contributed by atoms with Crippen molar-refractivity contribution in [2.45, 2.75) is 0 Å². The Labute approximate surface area is 88.4 Å². The number of rotatable bonds is 0. The van der Waals surface area contributed by atoms with Crippen molar-refractivity contribution in [2.24, 2.45) is 0 Å². The summed E-state index contributed by atoms with van der Waals surface area (Å²) in [5.41, 5.74) is 0. The normalized spacial score (nSPS) is 1.50. The number of hydrogen-bond donors (Lipinski definition) is 2. The monoisotopic (exact) mass is 190 g/mol. The quantitative estimate of drug-likeness (QED) is 0.244. The van der Waals surface area contributed by atoms with Gasteiger partial charge >= 0.3 is 29.6 Å². The molecule has 0 fully saturated rings. The van der Waals surface area contributed by atoms with E-state index in [2.05, 4.69) is 0 Å². The van der Waals surface area contributed by atoms with E-state index in [1.54, 1.807) is 0 Å². The molecule has 0 aliphatic heterocycles. The van der Waals surface area contributed by atoms with Crippen molar-refractivity contribution in [1.82, 2.24) is 0 Å². The Morgan fingerprint density at radius 3 is 1.25 bits per heavy atom. The molecule has 0 aliphatic carbocycles. The molecule has 0 unspecified atom stereocenters. The third-order valence-corrected chi connectivity index (χ3v) is 0. The third-order valence-electron chi connectivity index (χ3n) is 0. The van der Waals surface area contributed by atoms with Gasteiger partial charge in [0.1, 0.15) is 0 Å². The Balaban J connectivity index is -0.00000000167. The van der Waals surface area contributed by atoms with Crippen molar-refractivity contribution in [3.8, 4) is 0 Å². The van der Waals surface area contributed by atoms with Crippen molar-refractivity contribution in [2.75, 3.05) is 0 Å². The van der Waals surface area contributed by atoms with Gasteiger partial charge < -0.3 is 1.43 Å². The van der Waals surface area contributed by atoms with Crippen LogP contribution in [0.1, 0.15) is 1.43 Å².